The van der Waals surface area contributed by atoms with Crippen molar-refractivity contribution in [2.24, 2.45) is 0 Å². The van der Waals surface area contributed by atoms with Crippen LogP contribution in [-0.2, 0) is 4.79 Å². The van der Waals surface area contributed by atoms with E-state index in [0.29, 0.717) is 12.8 Å². The van der Waals surface area contributed by atoms with Crippen molar-refractivity contribution in [3.8, 4) is 0 Å². The number of hydrogen-bond acceptors (Lipinski definition) is 3. The van der Waals surface area contributed by atoms with Crippen LogP contribution < -0.4 is 5.32 Å². The number of amides is 1. The van der Waals surface area contributed by atoms with Gasteiger partial charge in [-0.25, -0.2) is 0 Å². The molecule has 0 aliphatic heterocycles. The third-order valence-corrected chi connectivity index (χ3v) is 15.0. The predicted molar refractivity (Wildman–Crippen MR) is 327 cm³/mol. The second-order valence-electron chi connectivity index (χ2n) is 22.2. The molecule has 0 aliphatic rings. The summed E-state index contributed by atoms with van der Waals surface area (Å²) in [4.78, 5) is 12.5. The van der Waals surface area contributed by atoms with E-state index in [-0.39, 0.29) is 12.5 Å². The SMILES string of the molecule is CC/C=C\C/C=C\C/C=C\C/C=C\C/C=C\C/C=C\CCCCCCCCCCCCCCCCCCCCCCC(=O)NC(CO)C(O)CCCCCCCCCCCCCCCCCCCCCCCC. The van der Waals surface area contributed by atoms with E-state index in [2.05, 4.69) is 92.1 Å². The molecule has 0 fully saturated rings. The average Bonchev–Trinajstić information content (AvgIpc) is 3.40. The molecule has 426 valence electrons. The summed E-state index contributed by atoms with van der Waals surface area (Å²) in [6.07, 6.45) is 92.2. The minimum absolute atomic E-state index is 0.0260. The van der Waals surface area contributed by atoms with Crippen LogP contribution in [0.15, 0.2) is 72.9 Å². The van der Waals surface area contributed by atoms with Gasteiger partial charge in [-0.05, 0) is 64.2 Å². The zero-order valence-electron chi connectivity index (χ0n) is 49.2. The molecule has 0 spiro atoms. The normalized spacial score (nSPS) is 13.2. The highest BCUT2D eigenvalue weighted by Crippen LogP contribution is 2.18. The minimum Gasteiger partial charge on any atom is -0.394 e. The summed E-state index contributed by atoms with van der Waals surface area (Å²) in [7, 11) is 0. The number of rotatable bonds is 60. The maximum atomic E-state index is 12.5. The first kappa shape index (κ1) is 70.8. The molecule has 73 heavy (non-hydrogen) atoms. The third-order valence-electron chi connectivity index (χ3n) is 15.0. The zero-order valence-corrected chi connectivity index (χ0v) is 49.2. The number of allylic oxidation sites excluding steroid dienone is 12. The molecule has 2 unspecified atom stereocenters. The van der Waals surface area contributed by atoms with E-state index in [1.54, 1.807) is 0 Å². The number of unbranched alkanes of at least 4 members (excludes halogenated alkanes) is 41. The maximum Gasteiger partial charge on any atom is 0.220 e. The number of hydrogen-bond donors (Lipinski definition) is 3. The van der Waals surface area contributed by atoms with Crippen LogP contribution in [0.25, 0.3) is 0 Å². The Labute approximate surface area is 457 Å². The van der Waals surface area contributed by atoms with Gasteiger partial charge in [0.15, 0.2) is 0 Å². The molecule has 0 saturated carbocycles. The molecule has 4 heteroatoms. The van der Waals surface area contributed by atoms with E-state index in [1.807, 2.05) is 0 Å². The van der Waals surface area contributed by atoms with Crippen LogP contribution in [0.4, 0.5) is 0 Å². The molecule has 2 atom stereocenters. The van der Waals surface area contributed by atoms with E-state index in [1.165, 1.54) is 250 Å². The van der Waals surface area contributed by atoms with Gasteiger partial charge in [-0.1, -0.05) is 344 Å². The van der Waals surface area contributed by atoms with Crippen LogP contribution in [0.3, 0.4) is 0 Å². The first-order valence-electron chi connectivity index (χ1n) is 32.6. The van der Waals surface area contributed by atoms with E-state index in [4.69, 9.17) is 0 Å². The molecule has 0 aromatic heterocycles. The lowest BCUT2D eigenvalue weighted by Crippen LogP contribution is -2.45. The minimum atomic E-state index is -0.661. The lowest BCUT2D eigenvalue weighted by Gasteiger charge is -2.22. The van der Waals surface area contributed by atoms with Gasteiger partial charge in [0.25, 0.3) is 0 Å². The van der Waals surface area contributed by atoms with Crippen LogP contribution in [0.2, 0.25) is 0 Å². The Morgan fingerprint density at radius 1 is 0.342 bits per heavy atom. The molecule has 0 aromatic carbocycles. The van der Waals surface area contributed by atoms with Gasteiger partial charge in [-0.2, -0.15) is 0 Å². The Morgan fingerprint density at radius 2 is 0.603 bits per heavy atom. The van der Waals surface area contributed by atoms with Crippen molar-refractivity contribution < 1.29 is 15.0 Å². The smallest absolute Gasteiger partial charge is 0.220 e. The van der Waals surface area contributed by atoms with E-state index in [0.717, 1.165) is 64.2 Å². The zero-order chi connectivity index (χ0) is 52.7. The van der Waals surface area contributed by atoms with Gasteiger partial charge in [0.1, 0.15) is 0 Å². The average molecular weight is 1020 g/mol. The van der Waals surface area contributed by atoms with E-state index in [9.17, 15) is 15.0 Å². The Morgan fingerprint density at radius 3 is 0.904 bits per heavy atom. The second-order valence-corrected chi connectivity index (χ2v) is 22.2. The third kappa shape index (κ3) is 60.6. The van der Waals surface area contributed by atoms with Crippen LogP contribution in [0, 0.1) is 0 Å². The van der Waals surface area contributed by atoms with Crippen LogP contribution in [0.5, 0.6) is 0 Å². The highest BCUT2D eigenvalue weighted by Gasteiger charge is 2.20. The molecule has 0 heterocycles. The summed E-state index contributed by atoms with van der Waals surface area (Å²) in [5, 5.41) is 23.4. The fourth-order valence-corrected chi connectivity index (χ4v) is 10.1. The van der Waals surface area contributed by atoms with Crippen molar-refractivity contribution in [3.05, 3.63) is 72.9 Å². The van der Waals surface area contributed by atoms with E-state index >= 15 is 0 Å². The second kappa shape index (κ2) is 64.1. The summed E-state index contributed by atoms with van der Waals surface area (Å²) < 4.78 is 0. The van der Waals surface area contributed by atoms with Crippen molar-refractivity contribution in [2.45, 2.75) is 353 Å². The number of nitrogens with one attached hydrogen (secondary N) is 1. The first-order chi connectivity index (χ1) is 36.2. The quantitative estimate of drug-likeness (QED) is 0.0420. The van der Waals surface area contributed by atoms with Crippen molar-refractivity contribution >= 4 is 5.91 Å². The summed E-state index contributed by atoms with van der Waals surface area (Å²) >= 11 is 0. The molecule has 0 rings (SSSR count). The Bertz CT molecular complexity index is 1250. The molecule has 0 aromatic rings. The summed E-state index contributed by atoms with van der Waals surface area (Å²) in [5.41, 5.74) is 0. The van der Waals surface area contributed by atoms with Crippen LogP contribution >= 0.6 is 0 Å². The van der Waals surface area contributed by atoms with E-state index < -0.39 is 12.1 Å². The Balaban J connectivity index is 3.42. The fourth-order valence-electron chi connectivity index (χ4n) is 10.1. The van der Waals surface area contributed by atoms with Gasteiger partial charge < -0.3 is 15.5 Å². The van der Waals surface area contributed by atoms with Gasteiger partial charge >= 0.3 is 0 Å². The molecule has 1 amide bonds. The van der Waals surface area contributed by atoms with Gasteiger partial charge in [0.2, 0.25) is 5.91 Å². The van der Waals surface area contributed by atoms with Gasteiger partial charge in [-0.3, -0.25) is 4.79 Å². The molecule has 0 aliphatic carbocycles. The summed E-state index contributed by atoms with van der Waals surface area (Å²) in [6, 6.07) is -0.538. The Kier molecular flexibility index (Phi) is 62.2. The number of carbonyl (C=O) groups is 1. The van der Waals surface area contributed by atoms with Crippen molar-refractivity contribution in [2.75, 3.05) is 6.61 Å². The van der Waals surface area contributed by atoms with Crippen molar-refractivity contribution in [1.29, 1.82) is 0 Å². The highest BCUT2D eigenvalue weighted by atomic mass is 16.3. The van der Waals surface area contributed by atoms with Gasteiger partial charge in [0, 0.05) is 6.42 Å². The van der Waals surface area contributed by atoms with Crippen molar-refractivity contribution in [3.63, 3.8) is 0 Å². The molecule has 0 bridgehead atoms. The lowest BCUT2D eigenvalue weighted by molar-refractivity contribution is -0.123. The Hall–Kier alpha value is -2.17. The monoisotopic (exact) mass is 1020 g/mol. The van der Waals surface area contributed by atoms with Crippen LogP contribution in [0.1, 0.15) is 341 Å². The maximum absolute atomic E-state index is 12.5. The van der Waals surface area contributed by atoms with Gasteiger partial charge in [-0.15, -0.1) is 0 Å². The number of carbonyl (C=O) groups excluding carboxylic acids is 1. The lowest BCUT2D eigenvalue weighted by atomic mass is 10.0. The fraction of sp³-hybridized carbons (Fsp3) is 0.812. The molecule has 0 saturated heterocycles. The first-order valence-corrected chi connectivity index (χ1v) is 32.6. The number of aliphatic hydroxyl groups excluding tert-OH is 2. The van der Waals surface area contributed by atoms with Crippen molar-refractivity contribution in [1.82, 2.24) is 5.32 Å². The largest absolute Gasteiger partial charge is 0.394 e. The van der Waals surface area contributed by atoms with Gasteiger partial charge in [0.05, 0.1) is 18.8 Å². The molecule has 0 radical (unpaired) electrons. The summed E-state index contributed by atoms with van der Waals surface area (Å²) in [6.45, 7) is 4.28. The molecule has 4 nitrogen and oxygen atoms in total. The topological polar surface area (TPSA) is 69.6 Å². The molecular formula is C69H127NO3. The molecule has 3 N–H and O–H groups in total. The number of aliphatic hydroxyl groups is 2. The van der Waals surface area contributed by atoms with Crippen LogP contribution in [-0.4, -0.2) is 34.9 Å². The highest BCUT2D eigenvalue weighted by molar-refractivity contribution is 5.76. The molecular weight excluding hydrogens is 891 g/mol. The summed E-state index contributed by atoms with van der Waals surface area (Å²) in [5.74, 6) is -0.0260. The predicted octanol–water partition coefficient (Wildman–Crippen LogP) is 22.1. The standard InChI is InChI=1S/C69H127NO3/c1-3-5-7-9-11-13-15-17-19-21-23-25-27-28-29-30-31-32-33-34-35-36-37-38-39-40-41-42-43-45-47-49-51-53-55-57-59-61-63-65-69(73)70-67(66-71)68(72)64-62-60-58-56-54-52-50-48-46-44-26-24-22-20-18-16-14-12-10-8-6-4-2/h5,7,11,13,17,19,23,25,28-29,31-32,67-68,71-72H,3-4,6,8-10,12,14-16,18,20-22,24,26-27,30,33-66H2,1-2H3,(H,70,73)/b7-5-,13-11-,19-17-,25-23-,29-28-,32-31-.